The Hall–Kier alpha value is -1.19. The highest BCUT2D eigenvalue weighted by atomic mass is 15.4. The van der Waals surface area contributed by atoms with Crippen LogP contribution in [0.2, 0.25) is 0 Å². The summed E-state index contributed by atoms with van der Waals surface area (Å²) in [6.07, 6.45) is 11.0. The number of aromatic nitrogens is 2. The topological polar surface area (TPSA) is 69.9 Å². The van der Waals surface area contributed by atoms with Crippen LogP contribution in [0.25, 0.3) is 0 Å². The second kappa shape index (κ2) is 6.12. The molecule has 1 aromatic heterocycles. The second-order valence-corrected chi connectivity index (χ2v) is 5.46. The summed E-state index contributed by atoms with van der Waals surface area (Å²) < 4.78 is 1.63. The summed E-state index contributed by atoms with van der Waals surface area (Å²) in [4.78, 5) is 4.70. The van der Waals surface area contributed by atoms with Crippen LogP contribution < -0.4 is 11.6 Å². The molecule has 4 N–H and O–H groups in total. The summed E-state index contributed by atoms with van der Waals surface area (Å²) >= 11 is 0. The first-order chi connectivity index (χ1) is 8.74. The first-order valence-corrected chi connectivity index (χ1v) is 7.36. The van der Waals surface area contributed by atoms with Crippen molar-refractivity contribution >= 4 is 5.82 Å². The van der Waals surface area contributed by atoms with Gasteiger partial charge in [-0.25, -0.2) is 9.66 Å². The number of nitrogens with two attached hydrogens (primary N) is 2. The molecular formula is C14H26N4. The summed E-state index contributed by atoms with van der Waals surface area (Å²) in [5.74, 6) is 8.26. The van der Waals surface area contributed by atoms with E-state index in [2.05, 4.69) is 6.92 Å². The fourth-order valence-corrected chi connectivity index (χ4v) is 2.89. The number of nitrogen functional groups attached to an aromatic ring is 2. The molecule has 1 fully saturated rings. The lowest BCUT2D eigenvalue weighted by molar-refractivity contribution is 0.640. The smallest absolute Gasteiger partial charge is 0.145 e. The van der Waals surface area contributed by atoms with Gasteiger partial charge in [0.05, 0.1) is 5.69 Å². The molecule has 1 saturated carbocycles. The first-order valence-electron chi connectivity index (χ1n) is 7.36. The maximum Gasteiger partial charge on any atom is 0.145 e. The molecule has 0 saturated heterocycles. The highest BCUT2D eigenvalue weighted by molar-refractivity contribution is 5.39. The molecule has 0 amide bonds. The normalized spacial score (nSPS) is 16.5. The van der Waals surface area contributed by atoms with E-state index in [-0.39, 0.29) is 0 Å². The molecule has 4 nitrogen and oxygen atoms in total. The van der Waals surface area contributed by atoms with Gasteiger partial charge in [-0.1, -0.05) is 39.0 Å². The van der Waals surface area contributed by atoms with Gasteiger partial charge in [0.2, 0.25) is 0 Å². The number of aryl methyl sites for hydroxylation is 1. The average molecular weight is 250 g/mol. The predicted molar refractivity (Wildman–Crippen MR) is 75.8 cm³/mol. The standard InChI is InChI=1S/C14H26N4/c1-2-3-4-5-10-12-13(15)18(16)14(17-12)11-8-6-7-9-11/h11H,2-10,15-16H2,1H3. The number of hydrogen-bond donors (Lipinski definition) is 2. The Morgan fingerprint density at radius 1 is 1.22 bits per heavy atom. The van der Waals surface area contributed by atoms with Crippen molar-refractivity contribution in [2.45, 2.75) is 70.6 Å². The van der Waals surface area contributed by atoms with Crippen LogP contribution in [0.1, 0.15) is 75.7 Å². The van der Waals surface area contributed by atoms with E-state index in [1.165, 1.54) is 51.4 Å². The van der Waals surface area contributed by atoms with Gasteiger partial charge in [-0.15, -0.1) is 0 Å². The molecule has 102 valence electrons. The number of nitrogens with zero attached hydrogens (tertiary/aromatic N) is 2. The van der Waals surface area contributed by atoms with Crippen LogP contribution in [0, 0.1) is 0 Å². The Labute approximate surface area is 110 Å². The van der Waals surface area contributed by atoms with Crippen LogP contribution in [-0.4, -0.2) is 9.66 Å². The molecule has 0 aliphatic heterocycles. The van der Waals surface area contributed by atoms with Crippen molar-refractivity contribution in [2.24, 2.45) is 0 Å². The molecule has 0 radical (unpaired) electrons. The molecule has 0 spiro atoms. The van der Waals surface area contributed by atoms with Gasteiger partial charge in [0.25, 0.3) is 0 Å². The molecule has 0 aromatic carbocycles. The van der Waals surface area contributed by atoms with Crippen LogP contribution in [-0.2, 0) is 6.42 Å². The highest BCUT2D eigenvalue weighted by Gasteiger charge is 2.24. The van der Waals surface area contributed by atoms with E-state index in [1.54, 1.807) is 4.68 Å². The maximum atomic E-state index is 6.06. The minimum Gasteiger partial charge on any atom is -0.382 e. The van der Waals surface area contributed by atoms with Gasteiger partial charge in [-0.2, -0.15) is 0 Å². The van der Waals surface area contributed by atoms with E-state index in [4.69, 9.17) is 16.6 Å². The van der Waals surface area contributed by atoms with Crippen molar-refractivity contribution < 1.29 is 0 Å². The monoisotopic (exact) mass is 250 g/mol. The minimum atomic E-state index is 0.529. The first kappa shape index (κ1) is 13.2. The van der Waals surface area contributed by atoms with Gasteiger partial charge in [0, 0.05) is 5.92 Å². The predicted octanol–water partition coefficient (Wildman–Crippen LogP) is 2.96. The molecule has 0 unspecified atom stereocenters. The SMILES string of the molecule is CCCCCCc1nc(C2CCCC2)n(N)c1N. The van der Waals surface area contributed by atoms with E-state index in [9.17, 15) is 0 Å². The molecule has 18 heavy (non-hydrogen) atoms. The van der Waals surface area contributed by atoms with Crippen LogP contribution in [0.4, 0.5) is 5.82 Å². The lowest BCUT2D eigenvalue weighted by Crippen LogP contribution is -2.17. The Bertz CT molecular complexity index is 377. The molecule has 1 aliphatic carbocycles. The van der Waals surface area contributed by atoms with Crippen molar-refractivity contribution in [3.63, 3.8) is 0 Å². The molecular weight excluding hydrogens is 224 g/mol. The average Bonchev–Trinajstić information content (AvgIpc) is 2.97. The zero-order chi connectivity index (χ0) is 13.0. The summed E-state index contributed by atoms with van der Waals surface area (Å²) in [5.41, 5.74) is 7.07. The fraction of sp³-hybridized carbons (Fsp3) is 0.786. The van der Waals surface area contributed by atoms with E-state index in [1.807, 2.05) is 0 Å². The number of anilines is 1. The molecule has 4 heteroatoms. The number of hydrogen-bond acceptors (Lipinski definition) is 3. The summed E-state index contributed by atoms with van der Waals surface area (Å²) in [5, 5.41) is 0. The van der Waals surface area contributed by atoms with Gasteiger partial charge in [-0.05, 0) is 25.7 Å². The number of imidazole rings is 1. The van der Waals surface area contributed by atoms with Gasteiger partial charge >= 0.3 is 0 Å². The highest BCUT2D eigenvalue weighted by Crippen LogP contribution is 2.34. The third-order valence-corrected chi connectivity index (χ3v) is 4.04. The molecule has 1 aromatic rings. The Morgan fingerprint density at radius 3 is 2.61 bits per heavy atom. The third-order valence-electron chi connectivity index (χ3n) is 4.04. The summed E-state index contributed by atoms with van der Waals surface area (Å²) in [6.45, 7) is 2.22. The lowest BCUT2D eigenvalue weighted by atomic mass is 10.1. The van der Waals surface area contributed by atoms with Crippen molar-refractivity contribution in [1.29, 1.82) is 0 Å². The third kappa shape index (κ3) is 2.79. The van der Waals surface area contributed by atoms with Crippen LogP contribution in [0.3, 0.4) is 0 Å². The lowest BCUT2D eigenvalue weighted by Gasteiger charge is -2.08. The molecule has 2 rings (SSSR count). The molecule has 1 aliphatic rings. The fourth-order valence-electron chi connectivity index (χ4n) is 2.89. The zero-order valence-electron chi connectivity index (χ0n) is 11.5. The summed E-state index contributed by atoms with van der Waals surface area (Å²) in [7, 11) is 0. The van der Waals surface area contributed by atoms with E-state index < -0.39 is 0 Å². The van der Waals surface area contributed by atoms with Crippen molar-refractivity contribution in [1.82, 2.24) is 9.66 Å². The molecule has 0 bridgehead atoms. The van der Waals surface area contributed by atoms with Gasteiger partial charge < -0.3 is 11.6 Å². The summed E-state index contributed by atoms with van der Waals surface area (Å²) in [6, 6.07) is 0. The van der Waals surface area contributed by atoms with Gasteiger partial charge in [0.15, 0.2) is 0 Å². The Morgan fingerprint density at radius 2 is 1.94 bits per heavy atom. The van der Waals surface area contributed by atoms with E-state index >= 15 is 0 Å². The van der Waals surface area contributed by atoms with Gasteiger partial charge in [-0.3, -0.25) is 0 Å². The minimum absolute atomic E-state index is 0.529. The quantitative estimate of drug-likeness (QED) is 0.602. The maximum absolute atomic E-state index is 6.06. The Balaban J connectivity index is 2.00. The largest absolute Gasteiger partial charge is 0.382 e. The van der Waals surface area contributed by atoms with Crippen LogP contribution in [0.15, 0.2) is 0 Å². The number of unbranched alkanes of at least 4 members (excludes halogenated alkanes) is 3. The number of rotatable bonds is 6. The van der Waals surface area contributed by atoms with Crippen LogP contribution in [0.5, 0.6) is 0 Å². The van der Waals surface area contributed by atoms with Crippen molar-refractivity contribution in [3.05, 3.63) is 11.5 Å². The van der Waals surface area contributed by atoms with E-state index in [0.29, 0.717) is 11.7 Å². The zero-order valence-corrected chi connectivity index (χ0v) is 11.5. The van der Waals surface area contributed by atoms with Crippen molar-refractivity contribution in [3.8, 4) is 0 Å². The molecule has 1 heterocycles. The van der Waals surface area contributed by atoms with Crippen molar-refractivity contribution in [2.75, 3.05) is 11.6 Å². The van der Waals surface area contributed by atoms with E-state index in [0.717, 1.165) is 17.9 Å². The van der Waals surface area contributed by atoms with Gasteiger partial charge in [0.1, 0.15) is 11.6 Å². The second-order valence-electron chi connectivity index (χ2n) is 5.46. The molecule has 0 atom stereocenters. The van der Waals surface area contributed by atoms with Crippen LogP contribution >= 0.6 is 0 Å². The Kier molecular flexibility index (Phi) is 4.50.